The van der Waals surface area contributed by atoms with Crippen LogP contribution in [0.25, 0.3) is 0 Å². The van der Waals surface area contributed by atoms with E-state index in [0.717, 1.165) is 11.5 Å². The quantitative estimate of drug-likeness (QED) is 0.0558. The van der Waals surface area contributed by atoms with Crippen LogP contribution in [0.15, 0.2) is 48.5 Å². The molecule has 0 aromatic heterocycles. The average Bonchev–Trinajstić information content (AvgIpc) is 3.06. The molecule has 2 rings (SSSR count). The number of hydrogen-bond donors (Lipinski definition) is 0. The molecule has 0 bridgehead atoms. The zero-order valence-electron chi connectivity index (χ0n) is 30.2. The molecule has 0 saturated heterocycles. The number of aryl methyl sites for hydroxylation is 2. The van der Waals surface area contributed by atoms with Gasteiger partial charge in [0.1, 0.15) is 11.5 Å². The van der Waals surface area contributed by atoms with Gasteiger partial charge in [-0.3, -0.25) is 0 Å². The number of rotatable bonds is 32. The molecule has 0 aliphatic rings. The van der Waals surface area contributed by atoms with Gasteiger partial charge in [-0.05, 0) is 61.1 Å². The Kier molecular flexibility index (Phi) is 36.2. The zero-order valence-corrected chi connectivity index (χ0v) is 30.2. The average molecular weight is 667 g/mol. The molecule has 0 aliphatic carbocycles. The molecule has 47 heavy (non-hydrogen) atoms. The Labute approximate surface area is 338 Å². The number of unbranched alkanes of at least 4 members (excludes halogenated alkanes) is 26. The summed E-state index contributed by atoms with van der Waals surface area (Å²) >= 11 is 0. The third kappa shape index (κ3) is 28.6. The third-order valence-corrected chi connectivity index (χ3v) is 9.72. The van der Waals surface area contributed by atoms with Crippen molar-refractivity contribution in [2.45, 2.75) is 206 Å². The molecule has 1 nitrogen and oxygen atoms in total. The van der Waals surface area contributed by atoms with Crippen molar-refractivity contribution in [2.75, 3.05) is 0 Å². The molecule has 0 atom stereocenters. The minimum absolute atomic E-state index is 0. The van der Waals surface area contributed by atoms with Gasteiger partial charge in [0.25, 0.3) is 0 Å². The maximum absolute atomic E-state index is 6.14. The van der Waals surface area contributed by atoms with Crippen LogP contribution in [0, 0.1) is 0 Å². The Morgan fingerprint density at radius 2 is 0.511 bits per heavy atom. The standard InChI is InChI=1S/C44H74O.2Na.2H/c1-3-5-7-9-11-13-15-17-19-21-23-25-27-29-31-41-33-37-43(38-34-41)45-44-39-35-42(36-40-44)32-30-28-26-24-22-20-18-16-14-12-10-8-6-4-2;;;;/h33-40H,3-32H2,1-2H3;;;;. The van der Waals surface area contributed by atoms with Crippen LogP contribution < -0.4 is 4.74 Å². The van der Waals surface area contributed by atoms with E-state index in [1.165, 1.54) is 204 Å². The van der Waals surface area contributed by atoms with Crippen LogP contribution in [0.5, 0.6) is 11.5 Å². The summed E-state index contributed by atoms with van der Waals surface area (Å²) < 4.78 is 6.14. The van der Waals surface area contributed by atoms with Crippen molar-refractivity contribution < 1.29 is 4.74 Å². The van der Waals surface area contributed by atoms with Crippen molar-refractivity contribution in [3.05, 3.63) is 59.7 Å². The summed E-state index contributed by atoms with van der Waals surface area (Å²) in [6.45, 7) is 4.60. The SMILES string of the molecule is CCCCCCCCCCCCCCCCc1ccc(Oc2ccc(CCCCCCCCCCCCCCCC)cc2)cc1.[NaH].[NaH]. The first-order valence-electron chi connectivity index (χ1n) is 20.2. The first kappa shape index (κ1) is 47.2. The monoisotopic (exact) mass is 667 g/mol. The molecular weight excluding hydrogens is 590 g/mol. The summed E-state index contributed by atoms with van der Waals surface area (Å²) in [7, 11) is 0. The van der Waals surface area contributed by atoms with Crippen LogP contribution in [0.1, 0.15) is 205 Å². The number of benzene rings is 2. The molecule has 0 spiro atoms. The summed E-state index contributed by atoms with van der Waals surface area (Å²) in [4.78, 5) is 0. The fourth-order valence-electron chi connectivity index (χ4n) is 6.63. The second-order valence-electron chi connectivity index (χ2n) is 14.1. The Balaban J connectivity index is 0.0000106. The predicted molar refractivity (Wildman–Crippen MR) is 215 cm³/mol. The Morgan fingerprint density at radius 3 is 0.745 bits per heavy atom. The fourth-order valence-corrected chi connectivity index (χ4v) is 6.63. The summed E-state index contributed by atoms with van der Waals surface area (Å²) in [6.07, 6.45) is 42.1. The number of ether oxygens (including phenoxy) is 1. The van der Waals surface area contributed by atoms with Crippen molar-refractivity contribution in [3.8, 4) is 11.5 Å². The van der Waals surface area contributed by atoms with Gasteiger partial charge in [-0.2, -0.15) is 0 Å². The van der Waals surface area contributed by atoms with E-state index in [-0.39, 0.29) is 59.1 Å². The van der Waals surface area contributed by atoms with E-state index in [2.05, 4.69) is 62.4 Å². The predicted octanol–water partition coefficient (Wildman–Crippen LogP) is 14.2. The normalized spacial score (nSPS) is 10.9. The summed E-state index contributed by atoms with van der Waals surface area (Å²) in [5.74, 6) is 1.89. The molecule has 0 N–H and O–H groups in total. The molecule has 0 amide bonds. The van der Waals surface area contributed by atoms with Crippen molar-refractivity contribution in [1.82, 2.24) is 0 Å². The fraction of sp³-hybridized carbons (Fsp3) is 0.727. The van der Waals surface area contributed by atoms with Crippen molar-refractivity contribution in [3.63, 3.8) is 0 Å². The molecule has 0 radical (unpaired) electrons. The van der Waals surface area contributed by atoms with Crippen molar-refractivity contribution in [2.24, 2.45) is 0 Å². The molecule has 0 saturated carbocycles. The van der Waals surface area contributed by atoms with Gasteiger partial charge in [0.05, 0.1) is 0 Å². The summed E-state index contributed by atoms with van der Waals surface area (Å²) in [5.41, 5.74) is 2.87. The summed E-state index contributed by atoms with van der Waals surface area (Å²) in [6, 6.07) is 17.6. The van der Waals surface area contributed by atoms with Gasteiger partial charge in [-0.1, -0.05) is 205 Å². The topological polar surface area (TPSA) is 9.23 Å². The van der Waals surface area contributed by atoms with Crippen LogP contribution in [0.3, 0.4) is 0 Å². The Morgan fingerprint density at radius 1 is 0.298 bits per heavy atom. The second-order valence-corrected chi connectivity index (χ2v) is 14.1. The van der Waals surface area contributed by atoms with Crippen molar-refractivity contribution >= 4 is 59.1 Å². The van der Waals surface area contributed by atoms with Gasteiger partial charge in [-0.25, -0.2) is 0 Å². The first-order chi connectivity index (χ1) is 22.3. The van der Waals surface area contributed by atoms with Crippen LogP contribution in [0.2, 0.25) is 0 Å². The van der Waals surface area contributed by atoms with E-state index in [0.29, 0.717) is 0 Å². The van der Waals surface area contributed by atoms with Crippen LogP contribution >= 0.6 is 0 Å². The molecule has 3 heteroatoms. The van der Waals surface area contributed by atoms with Gasteiger partial charge in [0.15, 0.2) is 0 Å². The summed E-state index contributed by atoms with van der Waals surface area (Å²) in [5, 5.41) is 0. The van der Waals surface area contributed by atoms with E-state index >= 15 is 0 Å². The second kappa shape index (κ2) is 36.0. The maximum atomic E-state index is 6.14. The van der Waals surface area contributed by atoms with E-state index in [9.17, 15) is 0 Å². The van der Waals surface area contributed by atoms with E-state index in [1.807, 2.05) is 0 Å². The van der Waals surface area contributed by atoms with Crippen LogP contribution in [0.4, 0.5) is 0 Å². The molecule has 2 aromatic rings. The molecule has 0 aliphatic heterocycles. The Hall–Kier alpha value is 0.240. The molecular formula is C44H76Na2O. The van der Waals surface area contributed by atoms with E-state index < -0.39 is 0 Å². The van der Waals surface area contributed by atoms with E-state index in [4.69, 9.17) is 4.74 Å². The van der Waals surface area contributed by atoms with Gasteiger partial charge in [-0.15, -0.1) is 0 Å². The Bertz CT molecular complexity index is 805. The van der Waals surface area contributed by atoms with Gasteiger partial charge >= 0.3 is 59.1 Å². The van der Waals surface area contributed by atoms with Gasteiger partial charge in [0, 0.05) is 0 Å². The molecule has 0 fully saturated rings. The van der Waals surface area contributed by atoms with Crippen LogP contribution in [-0.2, 0) is 12.8 Å². The molecule has 2 aromatic carbocycles. The van der Waals surface area contributed by atoms with Crippen molar-refractivity contribution in [1.29, 1.82) is 0 Å². The number of hydrogen-bond acceptors (Lipinski definition) is 1. The van der Waals surface area contributed by atoms with E-state index in [1.54, 1.807) is 0 Å². The third-order valence-electron chi connectivity index (χ3n) is 9.72. The molecule has 0 heterocycles. The molecule has 260 valence electrons. The first-order valence-corrected chi connectivity index (χ1v) is 20.2. The zero-order chi connectivity index (χ0) is 31.9. The molecule has 0 unspecified atom stereocenters. The minimum atomic E-state index is 0. The van der Waals surface area contributed by atoms with Gasteiger partial charge in [0.2, 0.25) is 0 Å². The van der Waals surface area contributed by atoms with Crippen LogP contribution in [-0.4, -0.2) is 59.1 Å². The van der Waals surface area contributed by atoms with Gasteiger partial charge < -0.3 is 4.74 Å².